The van der Waals surface area contributed by atoms with Gasteiger partial charge in [0, 0.05) is 12.8 Å². The molecule has 1 amide bonds. The van der Waals surface area contributed by atoms with E-state index in [0.717, 1.165) is 11.3 Å². The van der Waals surface area contributed by atoms with Crippen molar-refractivity contribution in [2.75, 3.05) is 37.1 Å². The summed E-state index contributed by atoms with van der Waals surface area (Å²) < 4.78 is 9.64. The second-order valence-electron chi connectivity index (χ2n) is 4.12. The molecule has 0 aliphatic rings. The lowest BCUT2D eigenvalue weighted by Crippen LogP contribution is -2.17. The fraction of sp³-hybridized carbons (Fsp3) is 0.429. The number of rotatable bonds is 8. The summed E-state index contributed by atoms with van der Waals surface area (Å²) in [5.41, 5.74) is 1.84. The number of esters is 1. The summed E-state index contributed by atoms with van der Waals surface area (Å²) in [7, 11) is 1.54. The van der Waals surface area contributed by atoms with E-state index in [-0.39, 0.29) is 30.0 Å². The van der Waals surface area contributed by atoms with Crippen LogP contribution in [0.4, 0.5) is 5.69 Å². The van der Waals surface area contributed by atoms with Crippen LogP contribution < -0.4 is 5.32 Å². The van der Waals surface area contributed by atoms with Crippen molar-refractivity contribution in [3.05, 3.63) is 29.8 Å². The summed E-state index contributed by atoms with van der Waals surface area (Å²) in [4.78, 5) is 22.9. The first-order chi connectivity index (χ1) is 9.61. The minimum Gasteiger partial charge on any atom is -0.463 e. The number of thioether (sulfide) groups is 1. The molecule has 0 unspecified atom stereocenters. The Balaban J connectivity index is 2.18. The van der Waals surface area contributed by atoms with E-state index in [4.69, 9.17) is 9.47 Å². The number of amides is 1. The highest BCUT2D eigenvalue weighted by Gasteiger charge is 2.07. The molecule has 1 rings (SSSR count). The van der Waals surface area contributed by atoms with Crippen LogP contribution in [0.15, 0.2) is 24.3 Å². The molecule has 5 nitrogen and oxygen atoms in total. The number of carbonyl (C=O) groups is 2. The molecular formula is C14H19NO4S. The topological polar surface area (TPSA) is 64.6 Å². The Labute approximate surface area is 123 Å². The van der Waals surface area contributed by atoms with Crippen molar-refractivity contribution in [3.63, 3.8) is 0 Å². The summed E-state index contributed by atoms with van der Waals surface area (Å²) >= 11 is 1.22. The molecule has 1 N–H and O–H groups in total. The minimum absolute atomic E-state index is 0.134. The van der Waals surface area contributed by atoms with Crippen LogP contribution in [0, 0.1) is 6.92 Å². The highest BCUT2D eigenvalue weighted by molar-refractivity contribution is 8.00. The minimum atomic E-state index is -0.338. The number of anilines is 1. The highest BCUT2D eigenvalue weighted by atomic mass is 32.2. The van der Waals surface area contributed by atoms with Gasteiger partial charge >= 0.3 is 5.97 Å². The Morgan fingerprint density at radius 1 is 1.25 bits per heavy atom. The van der Waals surface area contributed by atoms with Gasteiger partial charge in [-0.15, -0.1) is 11.8 Å². The molecule has 6 heteroatoms. The van der Waals surface area contributed by atoms with Crippen molar-refractivity contribution < 1.29 is 19.1 Å². The predicted molar refractivity (Wildman–Crippen MR) is 80.0 cm³/mol. The Morgan fingerprint density at radius 2 is 2.05 bits per heavy atom. The number of aryl methyl sites for hydroxylation is 1. The van der Waals surface area contributed by atoms with Gasteiger partial charge in [-0.25, -0.2) is 0 Å². The molecule has 0 atom stereocenters. The molecule has 0 spiro atoms. The van der Waals surface area contributed by atoms with Gasteiger partial charge in [0.1, 0.15) is 6.61 Å². The van der Waals surface area contributed by atoms with Crippen LogP contribution in [0.1, 0.15) is 5.56 Å². The van der Waals surface area contributed by atoms with Gasteiger partial charge in [-0.2, -0.15) is 0 Å². The Kier molecular flexibility index (Phi) is 7.75. The van der Waals surface area contributed by atoms with E-state index in [1.165, 1.54) is 18.9 Å². The first-order valence-corrected chi connectivity index (χ1v) is 7.36. The van der Waals surface area contributed by atoms with E-state index in [1.54, 1.807) is 0 Å². The molecule has 0 fully saturated rings. The highest BCUT2D eigenvalue weighted by Crippen LogP contribution is 2.10. The predicted octanol–water partition coefficient (Wildman–Crippen LogP) is 1.86. The van der Waals surface area contributed by atoms with Crippen molar-refractivity contribution in [1.82, 2.24) is 0 Å². The number of ether oxygens (including phenoxy) is 2. The van der Waals surface area contributed by atoms with Crippen molar-refractivity contribution in [2.45, 2.75) is 6.92 Å². The summed E-state index contributed by atoms with van der Waals surface area (Å²) in [6, 6.07) is 7.56. The zero-order valence-electron chi connectivity index (χ0n) is 11.7. The van der Waals surface area contributed by atoms with E-state index in [9.17, 15) is 9.59 Å². The number of benzene rings is 1. The molecule has 0 saturated carbocycles. The summed E-state index contributed by atoms with van der Waals surface area (Å²) in [6.45, 7) is 2.58. The number of methoxy groups -OCH3 is 1. The van der Waals surface area contributed by atoms with Crippen molar-refractivity contribution >= 4 is 29.3 Å². The van der Waals surface area contributed by atoms with Crippen LogP contribution in [0.3, 0.4) is 0 Å². The molecular weight excluding hydrogens is 278 g/mol. The molecule has 0 aromatic heterocycles. The molecule has 0 radical (unpaired) electrons. The van der Waals surface area contributed by atoms with Crippen LogP contribution in [-0.4, -0.2) is 43.7 Å². The molecule has 110 valence electrons. The number of hydrogen-bond donors (Lipinski definition) is 1. The Morgan fingerprint density at radius 3 is 2.75 bits per heavy atom. The fourth-order valence-corrected chi connectivity index (χ4v) is 2.04. The van der Waals surface area contributed by atoms with E-state index in [0.29, 0.717) is 6.61 Å². The molecule has 20 heavy (non-hydrogen) atoms. The van der Waals surface area contributed by atoms with Crippen molar-refractivity contribution in [1.29, 1.82) is 0 Å². The number of nitrogens with one attached hydrogen (secondary N) is 1. The van der Waals surface area contributed by atoms with Crippen LogP contribution in [0.2, 0.25) is 0 Å². The van der Waals surface area contributed by atoms with Gasteiger partial charge < -0.3 is 14.8 Å². The molecule has 1 aromatic rings. The monoisotopic (exact) mass is 297 g/mol. The maximum absolute atomic E-state index is 11.7. The quantitative estimate of drug-likeness (QED) is 0.586. The van der Waals surface area contributed by atoms with E-state index in [1.807, 2.05) is 31.2 Å². The zero-order valence-corrected chi connectivity index (χ0v) is 12.5. The Bertz CT molecular complexity index is 451. The summed E-state index contributed by atoms with van der Waals surface area (Å²) in [6.07, 6.45) is 0. The number of hydrogen-bond acceptors (Lipinski definition) is 5. The van der Waals surface area contributed by atoms with E-state index in [2.05, 4.69) is 5.32 Å². The van der Waals surface area contributed by atoms with Gasteiger partial charge in [-0.3, -0.25) is 9.59 Å². The van der Waals surface area contributed by atoms with Crippen molar-refractivity contribution in [3.8, 4) is 0 Å². The second kappa shape index (κ2) is 9.39. The van der Waals surface area contributed by atoms with Gasteiger partial charge in [-0.1, -0.05) is 12.1 Å². The average Bonchev–Trinajstić information content (AvgIpc) is 2.39. The molecule has 0 aliphatic heterocycles. The molecule has 0 heterocycles. The normalized spacial score (nSPS) is 10.1. The lowest BCUT2D eigenvalue weighted by atomic mass is 10.2. The lowest BCUT2D eigenvalue weighted by Gasteiger charge is -2.06. The first-order valence-electron chi connectivity index (χ1n) is 6.20. The average molecular weight is 297 g/mol. The SMILES string of the molecule is COCCOC(=O)CSCC(=O)Nc1cccc(C)c1. The van der Waals surface area contributed by atoms with Gasteiger partial charge in [-0.05, 0) is 24.6 Å². The van der Waals surface area contributed by atoms with Crippen LogP contribution in [-0.2, 0) is 19.1 Å². The van der Waals surface area contributed by atoms with Gasteiger partial charge in [0.2, 0.25) is 5.91 Å². The van der Waals surface area contributed by atoms with Crippen LogP contribution in [0.5, 0.6) is 0 Å². The zero-order chi connectivity index (χ0) is 14.8. The largest absolute Gasteiger partial charge is 0.463 e. The standard InChI is InChI=1S/C14H19NO4S/c1-11-4-3-5-12(8-11)15-13(16)9-20-10-14(17)19-7-6-18-2/h3-5,8H,6-7,9-10H2,1-2H3,(H,15,16). The summed E-state index contributed by atoms with van der Waals surface area (Å²) in [5.74, 6) is -0.0983. The third-order valence-electron chi connectivity index (χ3n) is 2.31. The fourth-order valence-electron chi connectivity index (χ4n) is 1.43. The number of carbonyl (C=O) groups excluding carboxylic acids is 2. The third kappa shape index (κ3) is 7.16. The summed E-state index contributed by atoms with van der Waals surface area (Å²) in [5, 5.41) is 2.78. The van der Waals surface area contributed by atoms with E-state index < -0.39 is 0 Å². The molecule has 0 aliphatic carbocycles. The molecule has 0 saturated heterocycles. The Hall–Kier alpha value is -1.53. The molecule has 0 bridgehead atoms. The first kappa shape index (κ1) is 16.5. The van der Waals surface area contributed by atoms with E-state index >= 15 is 0 Å². The van der Waals surface area contributed by atoms with Gasteiger partial charge in [0.05, 0.1) is 18.1 Å². The van der Waals surface area contributed by atoms with Crippen molar-refractivity contribution in [2.24, 2.45) is 0 Å². The van der Waals surface area contributed by atoms with Crippen LogP contribution in [0.25, 0.3) is 0 Å². The van der Waals surface area contributed by atoms with Gasteiger partial charge in [0.25, 0.3) is 0 Å². The third-order valence-corrected chi connectivity index (χ3v) is 3.21. The maximum atomic E-state index is 11.7. The van der Waals surface area contributed by atoms with Gasteiger partial charge in [0.15, 0.2) is 0 Å². The molecule has 1 aromatic carbocycles. The maximum Gasteiger partial charge on any atom is 0.315 e. The lowest BCUT2D eigenvalue weighted by molar-refractivity contribution is -0.141. The smallest absolute Gasteiger partial charge is 0.315 e. The second-order valence-corrected chi connectivity index (χ2v) is 5.11. The van der Waals surface area contributed by atoms with Crippen LogP contribution >= 0.6 is 11.8 Å².